The van der Waals surface area contributed by atoms with E-state index in [0.29, 0.717) is 24.5 Å². The van der Waals surface area contributed by atoms with Crippen LogP contribution in [0.5, 0.6) is 0 Å². The molecule has 1 atom stereocenters. The number of aryl methyl sites for hydroxylation is 1. The topological polar surface area (TPSA) is 92.6 Å². The summed E-state index contributed by atoms with van der Waals surface area (Å²) in [6, 6.07) is 22.2. The average molecular weight is 506 g/mol. The van der Waals surface area contributed by atoms with Crippen LogP contribution in [-0.2, 0) is 13.1 Å². The highest BCUT2D eigenvalue weighted by molar-refractivity contribution is 5.82. The Morgan fingerprint density at radius 2 is 1.79 bits per heavy atom. The van der Waals surface area contributed by atoms with E-state index in [1.807, 2.05) is 66.3 Å². The van der Waals surface area contributed by atoms with Gasteiger partial charge in [0.15, 0.2) is 5.82 Å². The normalized spacial score (nSPS) is 14.9. The molecule has 8 heteroatoms. The van der Waals surface area contributed by atoms with E-state index in [1.54, 1.807) is 6.20 Å². The van der Waals surface area contributed by atoms with Crippen LogP contribution in [0.4, 0.5) is 0 Å². The van der Waals surface area contributed by atoms with E-state index in [4.69, 9.17) is 0 Å². The van der Waals surface area contributed by atoms with Crippen LogP contribution in [0.15, 0.2) is 83.9 Å². The fraction of sp³-hybridized carbons (Fsp3) is 0.300. The van der Waals surface area contributed by atoms with Crippen LogP contribution in [0.1, 0.15) is 65.8 Å². The van der Waals surface area contributed by atoms with Crippen molar-refractivity contribution >= 4 is 10.9 Å². The van der Waals surface area contributed by atoms with E-state index in [9.17, 15) is 4.79 Å². The van der Waals surface area contributed by atoms with Crippen LogP contribution >= 0.6 is 0 Å². The maximum absolute atomic E-state index is 13.8. The number of pyridine rings is 2. The highest BCUT2D eigenvalue weighted by Gasteiger charge is 2.33. The molecule has 0 bridgehead atoms. The fourth-order valence-electron chi connectivity index (χ4n) is 5.67. The second-order valence-electron chi connectivity index (χ2n) is 10.2. The first kappa shape index (κ1) is 24.2. The van der Waals surface area contributed by atoms with Crippen LogP contribution in [0.3, 0.4) is 0 Å². The van der Waals surface area contributed by atoms with Crippen LogP contribution in [-0.4, -0.2) is 35.1 Å². The van der Waals surface area contributed by atoms with Crippen molar-refractivity contribution in [2.45, 2.75) is 57.8 Å². The average Bonchev–Trinajstić information content (AvgIpc) is 3.64. The van der Waals surface area contributed by atoms with Gasteiger partial charge >= 0.3 is 0 Å². The number of nitrogens with one attached hydrogen (secondary N) is 1. The third-order valence-corrected chi connectivity index (χ3v) is 7.55. The summed E-state index contributed by atoms with van der Waals surface area (Å²) in [5.41, 5.74) is 4.61. The summed E-state index contributed by atoms with van der Waals surface area (Å²) in [6.45, 7) is 3.21. The molecule has 0 aliphatic heterocycles. The SMILES string of the molecule is Cc1cccc2cc([C@H](c3nnnn3C3CCCC3)N(Cc3ccccc3)Cc3cccnc3)c(=O)[nH]c12. The molecule has 3 heterocycles. The first-order valence-electron chi connectivity index (χ1n) is 13.2. The van der Waals surface area contributed by atoms with Gasteiger partial charge in [-0.2, -0.15) is 0 Å². The number of fused-ring (bicyclic) bond motifs is 1. The number of hydrogen-bond donors (Lipinski definition) is 1. The Kier molecular flexibility index (Phi) is 6.79. The molecule has 6 rings (SSSR count). The van der Waals surface area contributed by atoms with E-state index < -0.39 is 6.04 Å². The molecule has 0 spiro atoms. The lowest BCUT2D eigenvalue weighted by molar-refractivity contribution is 0.190. The van der Waals surface area contributed by atoms with Crippen molar-refractivity contribution in [2.24, 2.45) is 0 Å². The zero-order valence-corrected chi connectivity index (χ0v) is 21.5. The maximum atomic E-state index is 13.8. The van der Waals surface area contributed by atoms with Crippen molar-refractivity contribution in [3.8, 4) is 0 Å². The quantitative estimate of drug-likeness (QED) is 0.315. The maximum Gasteiger partial charge on any atom is 0.253 e. The lowest BCUT2D eigenvalue weighted by Gasteiger charge is -2.32. The van der Waals surface area contributed by atoms with Crippen LogP contribution in [0, 0.1) is 6.92 Å². The number of rotatable bonds is 8. The highest BCUT2D eigenvalue weighted by Crippen LogP contribution is 2.35. The third kappa shape index (κ3) is 4.87. The molecule has 0 amide bonds. The summed E-state index contributed by atoms with van der Waals surface area (Å²) in [4.78, 5) is 23.6. The van der Waals surface area contributed by atoms with E-state index in [-0.39, 0.29) is 11.6 Å². The molecule has 2 aromatic carbocycles. The van der Waals surface area contributed by atoms with Crippen LogP contribution < -0.4 is 5.56 Å². The number of H-pyrrole nitrogens is 1. The molecule has 192 valence electrons. The lowest BCUT2D eigenvalue weighted by Crippen LogP contribution is -2.35. The van der Waals surface area contributed by atoms with E-state index >= 15 is 0 Å². The van der Waals surface area contributed by atoms with Gasteiger partial charge in [-0.3, -0.25) is 14.7 Å². The van der Waals surface area contributed by atoms with Gasteiger partial charge in [-0.05, 0) is 64.4 Å². The summed E-state index contributed by atoms with van der Waals surface area (Å²) in [6.07, 6.45) is 8.06. The molecule has 0 radical (unpaired) electrons. The van der Waals surface area contributed by atoms with Crippen molar-refractivity contribution in [2.75, 3.05) is 0 Å². The first-order chi connectivity index (χ1) is 18.7. The van der Waals surface area contributed by atoms with Crippen molar-refractivity contribution < 1.29 is 0 Å². The Labute approximate surface area is 221 Å². The Bertz CT molecular complexity index is 1530. The molecule has 8 nitrogen and oxygen atoms in total. The van der Waals surface area contributed by atoms with Gasteiger partial charge in [0.1, 0.15) is 6.04 Å². The third-order valence-electron chi connectivity index (χ3n) is 7.55. The predicted octanol–water partition coefficient (Wildman–Crippen LogP) is 5.12. The molecule has 38 heavy (non-hydrogen) atoms. The molecule has 3 aromatic heterocycles. The predicted molar refractivity (Wildman–Crippen MR) is 146 cm³/mol. The number of para-hydroxylation sites is 1. The van der Waals surface area contributed by atoms with E-state index in [0.717, 1.165) is 53.3 Å². The van der Waals surface area contributed by atoms with Crippen molar-refractivity contribution in [3.05, 3.63) is 118 Å². The van der Waals surface area contributed by atoms with Crippen molar-refractivity contribution in [1.82, 2.24) is 35.1 Å². The number of benzene rings is 2. The van der Waals surface area contributed by atoms with Gasteiger partial charge in [0.05, 0.1) is 11.6 Å². The van der Waals surface area contributed by atoms with Crippen molar-refractivity contribution in [3.63, 3.8) is 0 Å². The van der Waals surface area contributed by atoms with Gasteiger partial charge in [0.25, 0.3) is 5.56 Å². The number of nitrogens with zero attached hydrogens (tertiary/aromatic N) is 6. The minimum Gasteiger partial charge on any atom is -0.321 e. The summed E-state index contributed by atoms with van der Waals surface area (Å²) in [7, 11) is 0. The van der Waals surface area contributed by atoms with Gasteiger partial charge in [-0.15, -0.1) is 5.10 Å². The second-order valence-corrected chi connectivity index (χ2v) is 10.2. The molecule has 1 saturated carbocycles. The number of hydrogen-bond acceptors (Lipinski definition) is 6. The Hall–Kier alpha value is -4.17. The Balaban J connectivity index is 1.54. The molecular formula is C30H31N7O. The summed E-state index contributed by atoms with van der Waals surface area (Å²) in [5, 5.41) is 14.1. The summed E-state index contributed by atoms with van der Waals surface area (Å²) in [5.74, 6) is 0.703. The highest BCUT2D eigenvalue weighted by atomic mass is 16.1. The number of aromatic nitrogens is 6. The molecule has 1 aliphatic rings. The van der Waals surface area contributed by atoms with Crippen LogP contribution in [0.2, 0.25) is 0 Å². The largest absolute Gasteiger partial charge is 0.321 e. The fourth-order valence-corrected chi connectivity index (χ4v) is 5.67. The Morgan fingerprint density at radius 1 is 1.00 bits per heavy atom. The number of tetrazole rings is 1. The molecule has 1 N–H and O–H groups in total. The molecule has 1 aliphatic carbocycles. The van der Waals surface area contributed by atoms with Crippen LogP contribution in [0.25, 0.3) is 10.9 Å². The van der Waals surface area contributed by atoms with E-state index in [2.05, 4.69) is 48.6 Å². The molecule has 5 aromatic rings. The lowest BCUT2D eigenvalue weighted by atomic mass is 10.0. The zero-order valence-electron chi connectivity index (χ0n) is 21.5. The molecular weight excluding hydrogens is 474 g/mol. The Morgan fingerprint density at radius 3 is 2.58 bits per heavy atom. The second kappa shape index (κ2) is 10.7. The van der Waals surface area contributed by atoms with Gasteiger partial charge < -0.3 is 4.98 Å². The van der Waals surface area contributed by atoms with Crippen molar-refractivity contribution in [1.29, 1.82) is 0 Å². The smallest absolute Gasteiger partial charge is 0.253 e. The monoisotopic (exact) mass is 505 g/mol. The zero-order chi connectivity index (χ0) is 25.9. The van der Waals surface area contributed by atoms with Gasteiger partial charge in [-0.1, -0.05) is 67.4 Å². The summed E-state index contributed by atoms with van der Waals surface area (Å²) >= 11 is 0. The van der Waals surface area contributed by atoms with Gasteiger partial charge in [0, 0.05) is 31.0 Å². The van der Waals surface area contributed by atoms with Gasteiger partial charge in [-0.25, -0.2) is 4.68 Å². The minimum absolute atomic E-state index is 0.123. The molecule has 0 saturated heterocycles. The molecule has 1 fully saturated rings. The molecule has 0 unspecified atom stereocenters. The van der Waals surface area contributed by atoms with E-state index in [1.165, 1.54) is 0 Å². The summed E-state index contributed by atoms with van der Waals surface area (Å²) < 4.78 is 1.97. The van der Waals surface area contributed by atoms with Gasteiger partial charge in [0.2, 0.25) is 0 Å². The number of aromatic amines is 1. The minimum atomic E-state index is -0.459. The first-order valence-corrected chi connectivity index (χ1v) is 13.2. The standard InChI is InChI=1S/C30H31N7O/c1-21-9-7-13-24-17-26(30(38)32-27(21)24)28(29-33-34-35-37(29)25-14-5-6-15-25)36(19-22-10-3-2-4-11-22)20-23-12-8-16-31-18-23/h2-4,7-13,16-18,25,28H,5-6,14-15,19-20H2,1H3,(H,32,38)/t28-/m1/s1.